The molecular formula is C20H20N2O5. The summed E-state index contributed by atoms with van der Waals surface area (Å²) in [5.41, 5.74) is 0.716. The summed E-state index contributed by atoms with van der Waals surface area (Å²) in [7, 11) is 0. The van der Waals surface area contributed by atoms with Crippen molar-refractivity contribution in [3.05, 3.63) is 48.0 Å². The topological polar surface area (TPSA) is 101 Å². The molecule has 2 aromatic rings. The van der Waals surface area contributed by atoms with Gasteiger partial charge in [-0.15, -0.1) is 0 Å². The average Bonchev–Trinajstić information content (AvgIpc) is 3.45. The van der Waals surface area contributed by atoms with E-state index in [9.17, 15) is 14.4 Å². The number of Topliss-reactive ketones (excluding diaryl/α,β-unsaturated/α-hetero) is 1. The molecule has 3 aliphatic carbocycles. The van der Waals surface area contributed by atoms with Crippen molar-refractivity contribution in [2.45, 2.75) is 31.5 Å². The number of hydrogen-bond acceptors (Lipinski definition) is 5. The number of esters is 2. The molecule has 7 heteroatoms. The molecule has 0 aliphatic heterocycles. The minimum Gasteiger partial charge on any atom is -0.453 e. The van der Waals surface area contributed by atoms with Gasteiger partial charge in [0.1, 0.15) is 29.4 Å². The van der Waals surface area contributed by atoms with E-state index in [1.165, 1.54) is 0 Å². The minimum absolute atomic E-state index is 0.0619. The Morgan fingerprint density at radius 1 is 0.889 bits per heavy atom. The van der Waals surface area contributed by atoms with E-state index in [0.717, 1.165) is 12.8 Å². The Morgan fingerprint density at radius 2 is 1.48 bits per heavy atom. The van der Waals surface area contributed by atoms with Crippen LogP contribution in [0.15, 0.2) is 36.7 Å². The van der Waals surface area contributed by atoms with E-state index in [4.69, 9.17) is 9.47 Å². The van der Waals surface area contributed by atoms with Gasteiger partial charge in [0.25, 0.3) is 0 Å². The van der Waals surface area contributed by atoms with Crippen LogP contribution in [0.5, 0.6) is 0 Å². The van der Waals surface area contributed by atoms with Gasteiger partial charge in [0.15, 0.2) is 0 Å². The van der Waals surface area contributed by atoms with Gasteiger partial charge in [0, 0.05) is 36.6 Å². The average molecular weight is 368 g/mol. The molecular weight excluding hydrogens is 348 g/mol. The summed E-state index contributed by atoms with van der Waals surface area (Å²) in [5, 5.41) is 0. The maximum Gasteiger partial charge on any atom is 0.355 e. The predicted octanol–water partition coefficient (Wildman–Crippen LogP) is 2.34. The quantitative estimate of drug-likeness (QED) is 0.807. The fourth-order valence-electron chi connectivity index (χ4n) is 5.37. The van der Waals surface area contributed by atoms with Crippen LogP contribution in [0, 0.1) is 23.7 Å². The standard InChI is InChI=1S/C20H20N2O5/c23-15-6-5-10-11-9-12(16(10)15)18(27-20(25)14-4-2-8-22-14)17(11)26-19(24)13-3-1-7-21-13/h1-4,7-8,10-12,16-18,21-22H,5-6,9H2. The maximum absolute atomic E-state index is 12.5. The fraction of sp³-hybridized carbons (Fsp3) is 0.450. The minimum atomic E-state index is -0.590. The second kappa shape index (κ2) is 6.11. The van der Waals surface area contributed by atoms with Gasteiger partial charge in [-0.1, -0.05) is 0 Å². The summed E-state index contributed by atoms with van der Waals surface area (Å²) in [6.07, 6.45) is 4.36. The molecule has 27 heavy (non-hydrogen) atoms. The molecule has 6 unspecified atom stereocenters. The highest BCUT2D eigenvalue weighted by atomic mass is 16.6. The molecule has 140 valence electrons. The molecule has 2 N–H and O–H groups in total. The summed E-state index contributed by atoms with van der Waals surface area (Å²) < 4.78 is 11.6. The van der Waals surface area contributed by atoms with Crippen LogP contribution in [0.25, 0.3) is 0 Å². The molecule has 3 saturated carbocycles. The molecule has 3 aliphatic rings. The molecule has 2 aromatic heterocycles. The van der Waals surface area contributed by atoms with Crippen molar-refractivity contribution in [2.24, 2.45) is 23.7 Å². The zero-order valence-corrected chi connectivity index (χ0v) is 14.6. The number of hydrogen-bond donors (Lipinski definition) is 2. The number of aromatic amines is 2. The number of nitrogens with one attached hydrogen (secondary N) is 2. The molecule has 2 bridgehead atoms. The predicted molar refractivity (Wildman–Crippen MR) is 92.8 cm³/mol. The SMILES string of the molecule is O=C(OC1C2CC(C1OC(=O)c1ccc[nH]1)C1C(=O)CCC21)c1ccc[nH]1. The molecule has 5 rings (SSSR count). The van der Waals surface area contributed by atoms with Crippen LogP contribution in [0.2, 0.25) is 0 Å². The lowest BCUT2D eigenvalue weighted by molar-refractivity contribution is -0.127. The summed E-state index contributed by atoms with van der Waals surface area (Å²) in [6, 6.07) is 6.73. The van der Waals surface area contributed by atoms with E-state index >= 15 is 0 Å². The van der Waals surface area contributed by atoms with E-state index in [1.54, 1.807) is 36.7 Å². The third kappa shape index (κ3) is 2.52. The molecule has 3 fully saturated rings. The lowest BCUT2D eigenvalue weighted by atomic mass is 9.78. The lowest BCUT2D eigenvalue weighted by Crippen LogP contribution is -2.46. The van der Waals surface area contributed by atoms with Gasteiger partial charge in [0.2, 0.25) is 0 Å². The van der Waals surface area contributed by atoms with E-state index in [0.29, 0.717) is 17.8 Å². The van der Waals surface area contributed by atoms with Gasteiger partial charge < -0.3 is 19.4 Å². The van der Waals surface area contributed by atoms with Gasteiger partial charge in [-0.05, 0) is 43.0 Å². The van der Waals surface area contributed by atoms with Gasteiger partial charge in [0.05, 0.1) is 0 Å². The zero-order chi connectivity index (χ0) is 18.5. The molecule has 6 atom stereocenters. The van der Waals surface area contributed by atoms with Gasteiger partial charge in [-0.25, -0.2) is 9.59 Å². The van der Waals surface area contributed by atoms with E-state index < -0.39 is 24.1 Å². The van der Waals surface area contributed by atoms with Crippen molar-refractivity contribution < 1.29 is 23.9 Å². The van der Waals surface area contributed by atoms with Crippen molar-refractivity contribution >= 4 is 17.7 Å². The van der Waals surface area contributed by atoms with Crippen LogP contribution < -0.4 is 0 Å². The Morgan fingerprint density at radius 3 is 2.04 bits per heavy atom. The first kappa shape index (κ1) is 16.4. The largest absolute Gasteiger partial charge is 0.453 e. The highest BCUT2D eigenvalue weighted by Gasteiger charge is 2.64. The highest BCUT2D eigenvalue weighted by Crippen LogP contribution is 2.59. The number of fused-ring (bicyclic) bond motifs is 5. The zero-order valence-electron chi connectivity index (χ0n) is 14.6. The van der Waals surface area contributed by atoms with Crippen molar-refractivity contribution in [1.82, 2.24) is 9.97 Å². The Labute approximate surface area is 155 Å². The van der Waals surface area contributed by atoms with Crippen molar-refractivity contribution in [2.75, 3.05) is 0 Å². The third-order valence-corrected chi connectivity index (χ3v) is 6.40. The Hall–Kier alpha value is -2.83. The second-order valence-corrected chi connectivity index (χ2v) is 7.67. The van der Waals surface area contributed by atoms with Crippen LogP contribution >= 0.6 is 0 Å². The molecule has 0 amide bonds. The first-order valence-corrected chi connectivity index (χ1v) is 9.35. The smallest absolute Gasteiger partial charge is 0.355 e. The Kier molecular flexibility index (Phi) is 3.70. The molecule has 0 saturated heterocycles. The third-order valence-electron chi connectivity index (χ3n) is 6.40. The van der Waals surface area contributed by atoms with Crippen LogP contribution in [-0.2, 0) is 14.3 Å². The van der Waals surface area contributed by atoms with Crippen molar-refractivity contribution in [3.8, 4) is 0 Å². The van der Waals surface area contributed by atoms with Crippen LogP contribution in [0.3, 0.4) is 0 Å². The number of H-pyrrole nitrogens is 2. The van der Waals surface area contributed by atoms with E-state index in [2.05, 4.69) is 9.97 Å². The molecule has 0 radical (unpaired) electrons. The number of rotatable bonds is 4. The molecule has 7 nitrogen and oxygen atoms in total. The lowest BCUT2D eigenvalue weighted by Gasteiger charge is -2.36. The van der Waals surface area contributed by atoms with Crippen molar-refractivity contribution in [3.63, 3.8) is 0 Å². The molecule has 0 spiro atoms. The van der Waals surface area contributed by atoms with Gasteiger partial charge in [-0.3, -0.25) is 4.79 Å². The molecule has 2 heterocycles. The van der Waals surface area contributed by atoms with Crippen molar-refractivity contribution in [1.29, 1.82) is 0 Å². The van der Waals surface area contributed by atoms with E-state index in [1.807, 2.05) is 0 Å². The monoisotopic (exact) mass is 368 g/mol. The van der Waals surface area contributed by atoms with Crippen LogP contribution in [0.4, 0.5) is 0 Å². The summed E-state index contributed by atoms with van der Waals surface area (Å²) in [5.74, 6) is -0.550. The second-order valence-electron chi connectivity index (χ2n) is 7.67. The summed E-state index contributed by atoms with van der Waals surface area (Å²) in [6.45, 7) is 0. The van der Waals surface area contributed by atoms with Gasteiger partial charge in [-0.2, -0.15) is 0 Å². The number of ether oxygens (including phenoxy) is 2. The van der Waals surface area contributed by atoms with Crippen LogP contribution in [-0.4, -0.2) is 39.9 Å². The van der Waals surface area contributed by atoms with Crippen LogP contribution in [0.1, 0.15) is 40.2 Å². The normalized spacial score (nSPS) is 33.9. The maximum atomic E-state index is 12.5. The van der Waals surface area contributed by atoms with Gasteiger partial charge >= 0.3 is 11.9 Å². The summed E-state index contributed by atoms with van der Waals surface area (Å²) >= 11 is 0. The number of aromatic nitrogens is 2. The highest BCUT2D eigenvalue weighted by molar-refractivity contribution is 5.89. The number of carbonyl (C=O) groups is 3. The number of carbonyl (C=O) groups excluding carboxylic acids is 3. The fourth-order valence-corrected chi connectivity index (χ4v) is 5.37. The Balaban J connectivity index is 1.41. The first-order valence-electron chi connectivity index (χ1n) is 9.35. The first-order chi connectivity index (χ1) is 13.1. The van der Waals surface area contributed by atoms with E-state index in [-0.39, 0.29) is 29.5 Å². The molecule has 0 aromatic carbocycles. The summed E-state index contributed by atoms with van der Waals surface area (Å²) in [4.78, 5) is 43.0. The Bertz CT molecular complexity index is 872. The number of ketones is 1.